The number of amides is 1. The standard InChI is InChI=1S/C17H14Cl2N2O3S/c18-12-6-3-10(8-13(12)19)15(22)20-11-4-1-9(2-5-11)7-14-16(23)21-17(24)25-14/h1-8,16-17,21,23-24H,(H,20,22)/b14-7-. The number of hydrogen-bond acceptors (Lipinski definition) is 5. The molecule has 5 nitrogen and oxygen atoms in total. The summed E-state index contributed by atoms with van der Waals surface area (Å²) in [7, 11) is 0. The quantitative estimate of drug-likeness (QED) is 0.637. The van der Waals surface area contributed by atoms with Crippen LogP contribution in [0.2, 0.25) is 10.0 Å². The molecule has 2 unspecified atom stereocenters. The molecule has 2 aromatic carbocycles. The molecule has 0 radical (unpaired) electrons. The first-order chi connectivity index (χ1) is 11.9. The van der Waals surface area contributed by atoms with Gasteiger partial charge < -0.3 is 15.5 Å². The van der Waals surface area contributed by atoms with Gasteiger partial charge in [0.25, 0.3) is 5.91 Å². The highest BCUT2D eigenvalue weighted by molar-refractivity contribution is 8.03. The second-order valence-electron chi connectivity index (χ2n) is 5.29. The molecular weight excluding hydrogens is 383 g/mol. The fraction of sp³-hybridized carbons (Fsp3) is 0.118. The van der Waals surface area contributed by atoms with E-state index >= 15 is 0 Å². The van der Waals surface area contributed by atoms with Crippen LogP contribution in [0.1, 0.15) is 15.9 Å². The smallest absolute Gasteiger partial charge is 0.255 e. The fourth-order valence-electron chi connectivity index (χ4n) is 2.23. The lowest BCUT2D eigenvalue weighted by molar-refractivity contribution is 0.102. The van der Waals surface area contributed by atoms with Crippen molar-refractivity contribution in [3.63, 3.8) is 0 Å². The number of anilines is 1. The Bertz CT molecular complexity index is 827. The Morgan fingerprint density at radius 1 is 1.12 bits per heavy atom. The Morgan fingerprint density at radius 3 is 2.44 bits per heavy atom. The number of aliphatic hydroxyl groups excluding tert-OH is 2. The van der Waals surface area contributed by atoms with Gasteiger partial charge in [0.05, 0.1) is 10.0 Å². The van der Waals surface area contributed by atoms with E-state index in [1.807, 2.05) is 0 Å². The molecule has 1 amide bonds. The molecule has 25 heavy (non-hydrogen) atoms. The molecule has 1 fully saturated rings. The second kappa shape index (κ2) is 7.78. The largest absolute Gasteiger partial charge is 0.374 e. The molecule has 1 aliphatic rings. The van der Waals surface area contributed by atoms with E-state index < -0.39 is 11.8 Å². The third kappa shape index (κ3) is 4.55. The van der Waals surface area contributed by atoms with E-state index in [1.165, 1.54) is 6.07 Å². The van der Waals surface area contributed by atoms with Crippen LogP contribution in [-0.2, 0) is 0 Å². The molecule has 4 N–H and O–H groups in total. The molecule has 2 aromatic rings. The Hall–Kier alpha value is -1.54. The molecule has 0 spiro atoms. The zero-order valence-corrected chi connectivity index (χ0v) is 15.1. The van der Waals surface area contributed by atoms with Crippen LogP contribution in [0.4, 0.5) is 5.69 Å². The molecule has 0 bridgehead atoms. The number of benzene rings is 2. The number of hydrogen-bond donors (Lipinski definition) is 4. The number of carbonyl (C=O) groups excluding carboxylic acids is 1. The van der Waals surface area contributed by atoms with E-state index in [2.05, 4.69) is 10.6 Å². The summed E-state index contributed by atoms with van der Waals surface area (Å²) in [5, 5.41) is 25.2. The minimum Gasteiger partial charge on any atom is -0.374 e. The van der Waals surface area contributed by atoms with E-state index in [4.69, 9.17) is 23.2 Å². The summed E-state index contributed by atoms with van der Waals surface area (Å²) in [6.45, 7) is 0. The fourth-order valence-corrected chi connectivity index (χ4v) is 3.38. The van der Waals surface area contributed by atoms with Crippen LogP contribution in [0, 0.1) is 0 Å². The van der Waals surface area contributed by atoms with Gasteiger partial charge >= 0.3 is 0 Å². The third-order valence-corrected chi connectivity index (χ3v) is 5.19. The molecule has 1 aliphatic heterocycles. The Morgan fingerprint density at radius 2 is 1.84 bits per heavy atom. The Labute approximate surface area is 158 Å². The summed E-state index contributed by atoms with van der Waals surface area (Å²) < 4.78 is 0. The first kappa shape index (κ1) is 18.3. The maximum absolute atomic E-state index is 12.2. The van der Waals surface area contributed by atoms with Gasteiger partial charge in [0.15, 0.2) is 5.56 Å². The van der Waals surface area contributed by atoms with Crippen molar-refractivity contribution in [2.24, 2.45) is 0 Å². The highest BCUT2D eigenvalue weighted by Gasteiger charge is 2.25. The van der Waals surface area contributed by atoms with Crippen molar-refractivity contribution in [3.8, 4) is 0 Å². The van der Waals surface area contributed by atoms with Crippen LogP contribution in [0.25, 0.3) is 6.08 Å². The lowest BCUT2D eigenvalue weighted by Gasteiger charge is -2.07. The summed E-state index contributed by atoms with van der Waals surface area (Å²) in [6, 6.07) is 11.8. The summed E-state index contributed by atoms with van der Waals surface area (Å²) in [5.41, 5.74) is 1.05. The van der Waals surface area contributed by atoms with Crippen molar-refractivity contribution in [2.45, 2.75) is 11.8 Å². The van der Waals surface area contributed by atoms with Gasteiger partial charge in [-0.3, -0.25) is 10.1 Å². The minimum atomic E-state index is -0.881. The lowest BCUT2D eigenvalue weighted by atomic mass is 10.1. The SMILES string of the molecule is O=C(Nc1ccc(/C=C2\SC(O)NC2O)cc1)c1ccc(Cl)c(Cl)c1. The highest BCUT2D eigenvalue weighted by Crippen LogP contribution is 2.30. The molecule has 2 atom stereocenters. The minimum absolute atomic E-state index is 0.293. The third-order valence-electron chi connectivity index (χ3n) is 3.48. The van der Waals surface area contributed by atoms with Gasteiger partial charge in [0, 0.05) is 16.2 Å². The molecule has 8 heteroatoms. The predicted molar refractivity (Wildman–Crippen MR) is 102 cm³/mol. The molecule has 1 saturated heterocycles. The van der Waals surface area contributed by atoms with Crippen molar-refractivity contribution in [3.05, 3.63) is 68.5 Å². The van der Waals surface area contributed by atoms with Crippen molar-refractivity contribution < 1.29 is 15.0 Å². The Kier molecular flexibility index (Phi) is 5.68. The first-order valence-corrected chi connectivity index (χ1v) is 8.93. The summed E-state index contributed by atoms with van der Waals surface area (Å²) in [6.07, 6.45) is 0.886. The van der Waals surface area contributed by atoms with Crippen LogP contribution in [0.3, 0.4) is 0 Å². The van der Waals surface area contributed by atoms with E-state index in [9.17, 15) is 15.0 Å². The zero-order chi connectivity index (χ0) is 18.0. The van der Waals surface area contributed by atoms with Crippen molar-refractivity contribution in [1.82, 2.24) is 5.32 Å². The molecule has 0 aliphatic carbocycles. The maximum atomic E-state index is 12.2. The molecule has 0 aromatic heterocycles. The van der Waals surface area contributed by atoms with Gasteiger partial charge in [0.2, 0.25) is 0 Å². The van der Waals surface area contributed by atoms with Gasteiger partial charge in [-0.1, -0.05) is 47.1 Å². The lowest BCUT2D eigenvalue weighted by Crippen LogP contribution is -2.28. The first-order valence-electron chi connectivity index (χ1n) is 7.29. The van der Waals surface area contributed by atoms with E-state index in [0.717, 1.165) is 17.3 Å². The summed E-state index contributed by atoms with van der Waals surface area (Å²) in [4.78, 5) is 12.8. The van der Waals surface area contributed by atoms with Crippen LogP contribution < -0.4 is 10.6 Å². The number of carbonyl (C=O) groups is 1. The number of thioether (sulfide) groups is 1. The van der Waals surface area contributed by atoms with Crippen molar-refractivity contribution in [2.75, 3.05) is 5.32 Å². The zero-order valence-electron chi connectivity index (χ0n) is 12.7. The monoisotopic (exact) mass is 396 g/mol. The number of rotatable bonds is 3. The average molecular weight is 397 g/mol. The molecule has 130 valence electrons. The van der Waals surface area contributed by atoms with Crippen LogP contribution in [0.5, 0.6) is 0 Å². The Balaban J connectivity index is 1.69. The van der Waals surface area contributed by atoms with Crippen molar-refractivity contribution >= 4 is 52.6 Å². The predicted octanol–water partition coefficient (Wildman–Crippen LogP) is 3.52. The van der Waals surface area contributed by atoms with Gasteiger partial charge in [-0.05, 0) is 42.0 Å². The number of halogens is 2. The molecule has 0 saturated carbocycles. The van der Waals surface area contributed by atoms with Crippen LogP contribution >= 0.6 is 35.0 Å². The summed E-state index contributed by atoms with van der Waals surface area (Å²) in [5.74, 6) is -0.293. The van der Waals surface area contributed by atoms with Gasteiger partial charge in [-0.2, -0.15) is 0 Å². The molecule has 3 rings (SSSR count). The van der Waals surface area contributed by atoms with E-state index in [0.29, 0.717) is 26.2 Å². The van der Waals surface area contributed by atoms with E-state index in [-0.39, 0.29) is 5.91 Å². The highest BCUT2D eigenvalue weighted by atomic mass is 35.5. The van der Waals surface area contributed by atoms with Crippen molar-refractivity contribution in [1.29, 1.82) is 0 Å². The van der Waals surface area contributed by atoms with E-state index in [1.54, 1.807) is 42.5 Å². The van der Waals surface area contributed by atoms with Gasteiger partial charge in [-0.15, -0.1) is 0 Å². The van der Waals surface area contributed by atoms with Gasteiger partial charge in [-0.25, -0.2) is 0 Å². The molecule has 1 heterocycles. The van der Waals surface area contributed by atoms with Crippen LogP contribution in [-0.4, -0.2) is 27.9 Å². The topological polar surface area (TPSA) is 81.6 Å². The number of aliphatic hydroxyl groups is 2. The second-order valence-corrected chi connectivity index (χ2v) is 7.26. The van der Waals surface area contributed by atoms with Gasteiger partial charge in [0.1, 0.15) is 6.23 Å². The normalized spacial score (nSPS) is 21.5. The number of nitrogens with one attached hydrogen (secondary N) is 2. The summed E-state index contributed by atoms with van der Waals surface area (Å²) >= 11 is 12.9. The molecular formula is C17H14Cl2N2O3S. The average Bonchev–Trinajstić information content (AvgIpc) is 2.89. The van der Waals surface area contributed by atoms with Crippen LogP contribution in [0.15, 0.2) is 47.4 Å². The maximum Gasteiger partial charge on any atom is 0.255 e.